The van der Waals surface area contributed by atoms with E-state index in [0.29, 0.717) is 0 Å². The second-order valence-electron chi connectivity index (χ2n) is 4.85. The minimum atomic E-state index is 0.0558. The van der Waals surface area contributed by atoms with Crippen LogP contribution in [0.5, 0.6) is 0 Å². The standard InChI is InChI=1S/C13H21N5S/c1-9-7-19-8-11(9)5-6-14-12-15-10(2)16-13(17-12)18(3)4/h7-8,10H,5-6H2,1-4H3,(H2,14,15,16,17). The van der Waals surface area contributed by atoms with E-state index >= 15 is 0 Å². The van der Waals surface area contributed by atoms with Crippen LogP contribution in [-0.4, -0.2) is 43.6 Å². The third-order valence-electron chi connectivity index (χ3n) is 2.93. The molecule has 1 aromatic rings. The molecule has 0 saturated heterocycles. The Morgan fingerprint density at radius 2 is 2.21 bits per heavy atom. The molecule has 19 heavy (non-hydrogen) atoms. The first kappa shape index (κ1) is 13.9. The quantitative estimate of drug-likeness (QED) is 0.879. The Morgan fingerprint density at radius 3 is 2.84 bits per heavy atom. The summed E-state index contributed by atoms with van der Waals surface area (Å²) in [6.45, 7) is 4.94. The molecule has 0 aromatic carbocycles. The van der Waals surface area contributed by atoms with Crippen molar-refractivity contribution < 1.29 is 0 Å². The highest BCUT2D eigenvalue weighted by molar-refractivity contribution is 7.08. The normalized spacial score (nSPS) is 20.7. The van der Waals surface area contributed by atoms with E-state index in [-0.39, 0.29) is 6.17 Å². The minimum Gasteiger partial charge on any atom is -0.349 e. The third kappa shape index (κ3) is 3.70. The Hall–Kier alpha value is -1.56. The van der Waals surface area contributed by atoms with Gasteiger partial charge in [-0.2, -0.15) is 11.3 Å². The number of guanidine groups is 2. The van der Waals surface area contributed by atoms with Crippen LogP contribution in [0.4, 0.5) is 0 Å². The Bertz CT molecular complexity index is 489. The molecule has 1 aliphatic rings. The first-order valence-corrected chi connectivity index (χ1v) is 7.35. The van der Waals surface area contributed by atoms with Crippen molar-refractivity contribution in [3.63, 3.8) is 0 Å². The van der Waals surface area contributed by atoms with E-state index in [1.807, 2.05) is 25.9 Å². The Morgan fingerprint density at radius 1 is 1.42 bits per heavy atom. The monoisotopic (exact) mass is 279 g/mol. The van der Waals surface area contributed by atoms with Gasteiger partial charge in [0.15, 0.2) is 5.96 Å². The maximum absolute atomic E-state index is 4.57. The van der Waals surface area contributed by atoms with Gasteiger partial charge in [0.2, 0.25) is 5.96 Å². The van der Waals surface area contributed by atoms with Crippen molar-refractivity contribution in [2.75, 3.05) is 20.6 Å². The minimum absolute atomic E-state index is 0.0558. The number of nitrogens with zero attached hydrogens (tertiary/aromatic N) is 3. The fourth-order valence-corrected chi connectivity index (χ4v) is 2.72. The lowest BCUT2D eigenvalue weighted by atomic mass is 10.1. The molecule has 0 saturated carbocycles. The summed E-state index contributed by atoms with van der Waals surface area (Å²) in [5, 5.41) is 10.8. The molecule has 2 heterocycles. The van der Waals surface area contributed by atoms with Crippen LogP contribution >= 0.6 is 11.3 Å². The van der Waals surface area contributed by atoms with Crippen LogP contribution in [0.2, 0.25) is 0 Å². The topological polar surface area (TPSA) is 52.0 Å². The average Bonchev–Trinajstić information content (AvgIpc) is 2.74. The molecule has 0 radical (unpaired) electrons. The third-order valence-corrected chi connectivity index (χ3v) is 3.84. The van der Waals surface area contributed by atoms with Gasteiger partial charge in [0.25, 0.3) is 0 Å². The summed E-state index contributed by atoms with van der Waals surface area (Å²) in [5.74, 6) is 1.65. The highest BCUT2D eigenvalue weighted by Crippen LogP contribution is 2.14. The summed E-state index contributed by atoms with van der Waals surface area (Å²) < 4.78 is 0. The number of aryl methyl sites for hydroxylation is 1. The highest BCUT2D eigenvalue weighted by Gasteiger charge is 2.15. The van der Waals surface area contributed by atoms with E-state index in [9.17, 15) is 0 Å². The van der Waals surface area contributed by atoms with Crippen LogP contribution in [0.15, 0.2) is 20.7 Å². The molecular weight excluding hydrogens is 258 g/mol. The Kier molecular flexibility index (Phi) is 4.42. The van der Waals surface area contributed by atoms with E-state index in [0.717, 1.165) is 24.9 Å². The summed E-state index contributed by atoms with van der Waals surface area (Å²) >= 11 is 1.75. The second-order valence-corrected chi connectivity index (χ2v) is 5.60. The number of thiophene rings is 1. The summed E-state index contributed by atoms with van der Waals surface area (Å²) in [4.78, 5) is 11.0. The first-order valence-electron chi connectivity index (χ1n) is 6.41. The van der Waals surface area contributed by atoms with Gasteiger partial charge in [-0.15, -0.1) is 0 Å². The zero-order valence-corrected chi connectivity index (χ0v) is 12.7. The maximum atomic E-state index is 4.57. The van der Waals surface area contributed by atoms with Crippen LogP contribution in [0.25, 0.3) is 0 Å². The lowest BCUT2D eigenvalue weighted by Gasteiger charge is -2.26. The predicted octanol–water partition coefficient (Wildman–Crippen LogP) is 1.41. The molecule has 6 heteroatoms. The molecule has 1 unspecified atom stereocenters. The largest absolute Gasteiger partial charge is 0.349 e. The molecule has 0 aliphatic carbocycles. The van der Waals surface area contributed by atoms with Crippen LogP contribution in [0.1, 0.15) is 18.1 Å². The molecule has 0 spiro atoms. The Labute approximate surface area is 118 Å². The van der Waals surface area contributed by atoms with Crippen molar-refractivity contribution in [3.05, 3.63) is 21.9 Å². The zero-order chi connectivity index (χ0) is 13.8. The lowest BCUT2D eigenvalue weighted by molar-refractivity contribution is 0.559. The summed E-state index contributed by atoms with van der Waals surface area (Å²) in [6.07, 6.45) is 1.03. The number of hydrogen-bond donors (Lipinski definition) is 2. The van der Waals surface area contributed by atoms with Crippen molar-refractivity contribution in [3.8, 4) is 0 Å². The van der Waals surface area contributed by atoms with Gasteiger partial charge in [-0.3, -0.25) is 10.3 Å². The van der Waals surface area contributed by atoms with Crippen LogP contribution < -0.4 is 10.6 Å². The van der Waals surface area contributed by atoms with Gasteiger partial charge in [0, 0.05) is 20.6 Å². The van der Waals surface area contributed by atoms with Gasteiger partial charge < -0.3 is 10.2 Å². The van der Waals surface area contributed by atoms with Crippen molar-refractivity contribution in [2.24, 2.45) is 9.98 Å². The van der Waals surface area contributed by atoms with Crippen molar-refractivity contribution in [1.29, 1.82) is 0 Å². The Balaban J connectivity index is 1.93. The molecular formula is C13H21N5S. The molecule has 1 atom stereocenters. The van der Waals surface area contributed by atoms with E-state index < -0.39 is 0 Å². The molecule has 2 N–H and O–H groups in total. The number of rotatable bonds is 3. The summed E-state index contributed by atoms with van der Waals surface area (Å²) in [6, 6.07) is 0. The van der Waals surface area contributed by atoms with Gasteiger partial charge in [0.1, 0.15) is 6.17 Å². The molecule has 1 aromatic heterocycles. The molecule has 0 fully saturated rings. The maximum Gasteiger partial charge on any atom is 0.202 e. The number of nitrogens with one attached hydrogen (secondary N) is 2. The van der Waals surface area contributed by atoms with Gasteiger partial charge in [-0.05, 0) is 42.2 Å². The van der Waals surface area contributed by atoms with Crippen LogP contribution in [0.3, 0.4) is 0 Å². The van der Waals surface area contributed by atoms with E-state index in [1.54, 1.807) is 11.3 Å². The number of aliphatic imine (C=N–C) groups is 2. The fourth-order valence-electron chi connectivity index (χ4n) is 1.83. The SMILES string of the molecule is Cc1cscc1CCN=C1NC(N(C)C)=NC(C)N1. The number of hydrogen-bond acceptors (Lipinski definition) is 4. The van der Waals surface area contributed by atoms with Crippen molar-refractivity contribution >= 4 is 23.3 Å². The van der Waals surface area contributed by atoms with Crippen LogP contribution in [0, 0.1) is 6.92 Å². The summed E-state index contributed by atoms with van der Waals surface area (Å²) in [5.41, 5.74) is 2.75. The zero-order valence-electron chi connectivity index (χ0n) is 11.9. The lowest BCUT2D eigenvalue weighted by Crippen LogP contribution is -2.53. The molecule has 5 nitrogen and oxygen atoms in total. The van der Waals surface area contributed by atoms with Gasteiger partial charge >= 0.3 is 0 Å². The smallest absolute Gasteiger partial charge is 0.202 e. The first-order chi connectivity index (χ1) is 9.06. The van der Waals surface area contributed by atoms with E-state index in [1.165, 1.54) is 11.1 Å². The van der Waals surface area contributed by atoms with Crippen molar-refractivity contribution in [1.82, 2.24) is 15.5 Å². The average molecular weight is 279 g/mol. The van der Waals surface area contributed by atoms with Crippen LogP contribution in [-0.2, 0) is 6.42 Å². The molecule has 2 rings (SSSR count). The molecule has 0 amide bonds. The molecule has 0 bridgehead atoms. The fraction of sp³-hybridized carbons (Fsp3) is 0.538. The van der Waals surface area contributed by atoms with Crippen molar-refractivity contribution in [2.45, 2.75) is 26.4 Å². The van der Waals surface area contributed by atoms with E-state index in [2.05, 4.69) is 38.3 Å². The highest BCUT2D eigenvalue weighted by atomic mass is 32.1. The predicted molar refractivity (Wildman–Crippen MR) is 81.9 cm³/mol. The van der Waals surface area contributed by atoms with Gasteiger partial charge in [0.05, 0.1) is 0 Å². The molecule has 104 valence electrons. The van der Waals surface area contributed by atoms with Gasteiger partial charge in [-0.25, -0.2) is 4.99 Å². The second kappa shape index (κ2) is 6.06. The molecule has 1 aliphatic heterocycles. The van der Waals surface area contributed by atoms with E-state index in [4.69, 9.17) is 0 Å². The van der Waals surface area contributed by atoms with Gasteiger partial charge in [-0.1, -0.05) is 0 Å². The summed E-state index contributed by atoms with van der Waals surface area (Å²) in [7, 11) is 3.94.